The van der Waals surface area contributed by atoms with Crippen molar-refractivity contribution in [2.75, 3.05) is 13.2 Å². The summed E-state index contributed by atoms with van der Waals surface area (Å²) >= 11 is 0. The number of fused-ring (bicyclic) bond motifs is 1. The quantitative estimate of drug-likeness (QED) is 0.926. The standard InChI is InChI=1S/C18H24N2O/c1-3-19-17(18(2)10-6-7-11-21-18)15-12-14-8-4-5-9-16(14)20-13-15/h4-5,8-9,12-13,17,19H,3,6-7,10-11H2,1-2H3. The number of likely N-dealkylation sites (N-methyl/N-ethyl adjacent to an activating group) is 1. The van der Waals surface area contributed by atoms with Crippen molar-refractivity contribution in [3.05, 3.63) is 42.1 Å². The average molecular weight is 284 g/mol. The van der Waals surface area contributed by atoms with Gasteiger partial charge in [0.05, 0.1) is 17.2 Å². The number of para-hydroxylation sites is 1. The van der Waals surface area contributed by atoms with Crippen LogP contribution in [-0.4, -0.2) is 23.7 Å². The van der Waals surface area contributed by atoms with E-state index in [-0.39, 0.29) is 11.6 Å². The van der Waals surface area contributed by atoms with E-state index in [0.29, 0.717) is 0 Å². The molecule has 1 N–H and O–H groups in total. The van der Waals surface area contributed by atoms with Gasteiger partial charge in [0, 0.05) is 18.2 Å². The Morgan fingerprint density at radius 2 is 2.19 bits per heavy atom. The molecule has 1 aromatic heterocycles. The molecule has 0 amide bonds. The second kappa shape index (κ2) is 6.12. The monoisotopic (exact) mass is 284 g/mol. The van der Waals surface area contributed by atoms with E-state index in [0.717, 1.165) is 25.1 Å². The number of nitrogens with zero attached hydrogens (tertiary/aromatic N) is 1. The molecule has 3 nitrogen and oxygen atoms in total. The van der Waals surface area contributed by atoms with Crippen molar-refractivity contribution < 1.29 is 4.74 Å². The molecule has 2 aromatic rings. The van der Waals surface area contributed by atoms with E-state index >= 15 is 0 Å². The number of ether oxygens (including phenoxy) is 1. The fourth-order valence-corrected chi connectivity index (χ4v) is 3.32. The van der Waals surface area contributed by atoms with Crippen LogP contribution in [-0.2, 0) is 4.74 Å². The highest BCUT2D eigenvalue weighted by atomic mass is 16.5. The predicted octanol–water partition coefficient (Wildman–Crippen LogP) is 3.84. The molecule has 0 spiro atoms. The van der Waals surface area contributed by atoms with Gasteiger partial charge in [0.1, 0.15) is 0 Å². The third-order valence-electron chi connectivity index (χ3n) is 4.46. The Balaban J connectivity index is 1.98. The maximum absolute atomic E-state index is 6.16. The van der Waals surface area contributed by atoms with Crippen LogP contribution >= 0.6 is 0 Å². The van der Waals surface area contributed by atoms with Crippen LogP contribution < -0.4 is 5.32 Å². The number of benzene rings is 1. The topological polar surface area (TPSA) is 34.2 Å². The largest absolute Gasteiger partial charge is 0.373 e. The van der Waals surface area contributed by atoms with Crippen LogP contribution in [0.1, 0.15) is 44.7 Å². The molecule has 0 aliphatic carbocycles. The number of hydrogen-bond donors (Lipinski definition) is 1. The lowest BCUT2D eigenvalue weighted by Crippen LogP contribution is -2.46. The molecule has 112 valence electrons. The van der Waals surface area contributed by atoms with Crippen LogP contribution in [0.15, 0.2) is 36.5 Å². The molecule has 2 heterocycles. The van der Waals surface area contributed by atoms with Gasteiger partial charge in [-0.05, 0) is 50.4 Å². The van der Waals surface area contributed by atoms with Gasteiger partial charge in [0.25, 0.3) is 0 Å². The van der Waals surface area contributed by atoms with E-state index in [9.17, 15) is 0 Å². The molecule has 0 saturated carbocycles. The van der Waals surface area contributed by atoms with Crippen LogP contribution in [0.2, 0.25) is 0 Å². The minimum Gasteiger partial charge on any atom is -0.373 e. The van der Waals surface area contributed by atoms with E-state index in [1.54, 1.807) is 0 Å². The zero-order valence-electron chi connectivity index (χ0n) is 12.9. The van der Waals surface area contributed by atoms with Gasteiger partial charge in [0.2, 0.25) is 0 Å². The molecular formula is C18H24N2O. The highest BCUT2D eigenvalue weighted by Crippen LogP contribution is 2.37. The van der Waals surface area contributed by atoms with Gasteiger partial charge in [-0.25, -0.2) is 0 Å². The molecule has 3 rings (SSSR count). The maximum atomic E-state index is 6.16. The molecule has 1 saturated heterocycles. The summed E-state index contributed by atoms with van der Waals surface area (Å²) in [7, 11) is 0. The average Bonchev–Trinajstić information content (AvgIpc) is 2.53. The van der Waals surface area contributed by atoms with Crippen molar-refractivity contribution in [3.8, 4) is 0 Å². The molecule has 1 fully saturated rings. The summed E-state index contributed by atoms with van der Waals surface area (Å²) in [6.45, 7) is 6.16. The molecule has 2 atom stereocenters. The molecule has 21 heavy (non-hydrogen) atoms. The SMILES string of the molecule is CCNC(c1cnc2ccccc2c1)C1(C)CCCCO1. The summed E-state index contributed by atoms with van der Waals surface area (Å²) in [6, 6.07) is 10.7. The van der Waals surface area contributed by atoms with E-state index in [4.69, 9.17) is 4.74 Å². The van der Waals surface area contributed by atoms with Gasteiger partial charge in [-0.2, -0.15) is 0 Å². The van der Waals surface area contributed by atoms with Crippen molar-refractivity contribution >= 4 is 10.9 Å². The summed E-state index contributed by atoms with van der Waals surface area (Å²) < 4.78 is 6.16. The summed E-state index contributed by atoms with van der Waals surface area (Å²) in [5.41, 5.74) is 2.13. The minimum absolute atomic E-state index is 0.140. The summed E-state index contributed by atoms with van der Waals surface area (Å²) in [6.07, 6.45) is 5.50. The van der Waals surface area contributed by atoms with Gasteiger partial charge in [-0.3, -0.25) is 4.98 Å². The molecule has 2 unspecified atom stereocenters. The van der Waals surface area contributed by atoms with E-state index < -0.39 is 0 Å². The Labute approximate surface area is 126 Å². The highest BCUT2D eigenvalue weighted by molar-refractivity contribution is 5.78. The van der Waals surface area contributed by atoms with Crippen LogP contribution in [0.5, 0.6) is 0 Å². The molecule has 1 aliphatic heterocycles. The fourth-order valence-electron chi connectivity index (χ4n) is 3.32. The second-order valence-corrected chi connectivity index (χ2v) is 6.07. The van der Waals surface area contributed by atoms with Crippen LogP contribution in [0.4, 0.5) is 0 Å². The maximum Gasteiger partial charge on any atom is 0.0848 e. The first-order chi connectivity index (χ1) is 10.2. The minimum atomic E-state index is -0.140. The van der Waals surface area contributed by atoms with Crippen molar-refractivity contribution in [2.45, 2.75) is 44.8 Å². The first kappa shape index (κ1) is 14.5. The first-order valence-corrected chi connectivity index (χ1v) is 7.95. The van der Waals surface area contributed by atoms with E-state index in [1.807, 2.05) is 12.3 Å². The smallest absolute Gasteiger partial charge is 0.0848 e. The Morgan fingerprint density at radius 3 is 2.95 bits per heavy atom. The third-order valence-corrected chi connectivity index (χ3v) is 4.46. The number of aromatic nitrogens is 1. The van der Waals surface area contributed by atoms with Crippen molar-refractivity contribution in [1.82, 2.24) is 10.3 Å². The van der Waals surface area contributed by atoms with Crippen molar-refractivity contribution in [1.29, 1.82) is 0 Å². The Kier molecular flexibility index (Phi) is 4.22. The fraction of sp³-hybridized carbons (Fsp3) is 0.500. The molecule has 1 aliphatic rings. The zero-order chi connectivity index (χ0) is 14.7. The van der Waals surface area contributed by atoms with Crippen LogP contribution in [0.25, 0.3) is 10.9 Å². The lowest BCUT2D eigenvalue weighted by molar-refractivity contribution is -0.0895. The number of nitrogens with one attached hydrogen (secondary N) is 1. The first-order valence-electron chi connectivity index (χ1n) is 7.95. The van der Waals surface area contributed by atoms with Crippen LogP contribution in [0.3, 0.4) is 0 Å². The zero-order valence-corrected chi connectivity index (χ0v) is 12.9. The molecule has 1 aromatic carbocycles. The molecule has 0 bridgehead atoms. The van der Waals surface area contributed by atoms with Crippen LogP contribution in [0, 0.1) is 0 Å². The lowest BCUT2D eigenvalue weighted by Gasteiger charge is -2.41. The van der Waals surface area contributed by atoms with Gasteiger partial charge in [-0.1, -0.05) is 25.1 Å². The predicted molar refractivity (Wildman–Crippen MR) is 86.4 cm³/mol. The number of rotatable bonds is 4. The van der Waals surface area contributed by atoms with E-state index in [1.165, 1.54) is 23.8 Å². The highest BCUT2D eigenvalue weighted by Gasteiger charge is 2.37. The van der Waals surface area contributed by atoms with Crippen molar-refractivity contribution in [3.63, 3.8) is 0 Å². The molecule has 3 heteroatoms. The van der Waals surface area contributed by atoms with Gasteiger partial charge in [-0.15, -0.1) is 0 Å². The Bertz CT molecular complexity index is 605. The normalized spacial score (nSPS) is 24.1. The van der Waals surface area contributed by atoms with Crippen molar-refractivity contribution in [2.24, 2.45) is 0 Å². The summed E-state index contributed by atoms with van der Waals surface area (Å²) in [5.74, 6) is 0. The third kappa shape index (κ3) is 2.94. The van der Waals surface area contributed by atoms with E-state index in [2.05, 4.69) is 48.4 Å². The lowest BCUT2D eigenvalue weighted by atomic mass is 9.84. The number of pyridine rings is 1. The Hall–Kier alpha value is -1.45. The van der Waals surface area contributed by atoms with Gasteiger partial charge in [0.15, 0.2) is 0 Å². The summed E-state index contributed by atoms with van der Waals surface area (Å²) in [4.78, 5) is 4.61. The molecular weight excluding hydrogens is 260 g/mol. The second-order valence-electron chi connectivity index (χ2n) is 6.07. The Morgan fingerprint density at radius 1 is 1.33 bits per heavy atom. The molecule has 0 radical (unpaired) electrons. The van der Waals surface area contributed by atoms with Gasteiger partial charge >= 0.3 is 0 Å². The number of hydrogen-bond acceptors (Lipinski definition) is 3. The summed E-state index contributed by atoms with van der Waals surface area (Å²) in [5, 5.41) is 4.80. The van der Waals surface area contributed by atoms with Gasteiger partial charge < -0.3 is 10.1 Å².